The smallest absolute Gasteiger partial charge is 0.110 e. The van der Waals surface area contributed by atoms with Gasteiger partial charge < -0.3 is 15.4 Å². The molecule has 0 spiro atoms. The number of nitrogens with two attached hydrogens (primary N) is 1. The molecule has 1 aromatic heterocycles. The van der Waals surface area contributed by atoms with E-state index in [1.54, 1.807) is 23.2 Å². The highest BCUT2D eigenvalue weighted by molar-refractivity contribution is 6.30. The SMILES string of the molecule is NCC(O)c1cn(-c2cccc(Cl)c2)cn1. The molecule has 2 aromatic rings. The van der Waals surface area contributed by atoms with Crippen molar-refractivity contribution in [3.63, 3.8) is 0 Å². The third-order valence-corrected chi connectivity index (χ3v) is 2.51. The summed E-state index contributed by atoms with van der Waals surface area (Å²) in [5.74, 6) is 0. The summed E-state index contributed by atoms with van der Waals surface area (Å²) in [5.41, 5.74) is 6.81. The van der Waals surface area contributed by atoms with Crippen molar-refractivity contribution in [2.24, 2.45) is 5.73 Å². The third kappa shape index (κ3) is 2.24. The number of hydrogen-bond acceptors (Lipinski definition) is 3. The molecule has 4 nitrogen and oxygen atoms in total. The fourth-order valence-corrected chi connectivity index (χ4v) is 1.59. The van der Waals surface area contributed by atoms with Crippen molar-refractivity contribution in [2.75, 3.05) is 6.54 Å². The largest absolute Gasteiger partial charge is 0.385 e. The molecular weight excluding hydrogens is 226 g/mol. The van der Waals surface area contributed by atoms with Gasteiger partial charge in [-0.25, -0.2) is 4.98 Å². The van der Waals surface area contributed by atoms with E-state index in [2.05, 4.69) is 4.98 Å². The summed E-state index contributed by atoms with van der Waals surface area (Å²) >= 11 is 5.89. The minimum atomic E-state index is -0.722. The Morgan fingerprint density at radius 2 is 2.31 bits per heavy atom. The second-order valence-corrected chi connectivity index (χ2v) is 3.87. The summed E-state index contributed by atoms with van der Waals surface area (Å²) in [5, 5.41) is 10.2. The van der Waals surface area contributed by atoms with Crippen molar-refractivity contribution in [1.29, 1.82) is 0 Å². The second-order valence-electron chi connectivity index (χ2n) is 3.44. The number of rotatable bonds is 3. The Labute approximate surface area is 98.3 Å². The standard InChI is InChI=1S/C11H12ClN3O/c12-8-2-1-3-9(4-8)15-6-10(14-7-15)11(16)5-13/h1-4,6-7,11,16H,5,13H2. The maximum absolute atomic E-state index is 9.52. The Kier molecular flexibility index (Phi) is 3.24. The zero-order chi connectivity index (χ0) is 11.5. The van der Waals surface area contributed by atoms with Crippen molar-refractivity contribution >= 4 is 11.6 Å². The van der Waals surface area contributed by atoms with Gasteiger partial charge in [0.15, 0.2) is 0 Å². The molecule has 0 aliphatic heterocycles. The fraction of sp³-hybridized carbons (Fsp3) is 0.182. The number of halogens is 1. The molecule has 0 aliphatic rings. The average molecular weight is 238 g/mol. The van der Waals surface area contributed by atoms with E-state index in [9.17, 15) is 5.11 Å². The van der Waals surface area contributed by atoms with Gasteiger partial charge in [0.05, 0.1) is 12.0 Å². The number of hydrogen-bond donors (Lipinski definition) is 2. The molecule has 16 heavy (non-hydrogen) atoms. The average Bonchev–Trinajstić information content (AvgIpc) is 2.77. The van der Waals surface area contributed by atoms with Crippen molar-refractivity contribution in [2.45, 2.75) is 6.10 Å². The monoisotopic (exact) mass is 237 g/mol. The first-order valence-electron chi connectivity index (χ1n) is 4.88. The Balaban J connectivity index is 2.31. The van der Waals surface area contributed by atoms with Gasteiger partial charge in [0, 0.05) is 23.5 Å². The van der Waals surface area contributed by atoms with Gasteiger partial charge in [-0.1, -0.05) is 17.7 Å². The Bertz CT molecular complexity index is 484. The number of benzene rings is 1. The van der Waals surface area contributed by atoms with Gasteiger partial charge in [0.2, 0.25) is 0 Å². The lowest BCUT2D eigenvalue weighted by Gasteiger charge is -2.03. The molecule has 84 valence electrons. The summed E-state index contributed by atoms with van der Waals surface area (Å²) in [4.78, 5) is 4.08. The van der Waals surface area contributed by atoms with Gasteiger partial charge >= 0.3 is 0 Å². The van der Waals surface area contributed by atoms with E-state index in [0.29, 0.717) is 10.7 Å². The zero-order valence-electron chi connectivity index (χ0n) is 8.55. The molecule has 1 aromatic carbocycles. The minimum absolute atomic E-state index is 0.159. The van der Waals surface area contributed by atoms with Gasteiger partial charge in [-0.05, 0) is 18.2 Å². The van der Waals surface area contributed by atoms with Crippen LogP contribution in [-0.4, -0.2) is 21.2 Å². The van der Waals surface area contributed by atoms with Crippen LogP contribution in [0.15, 0.2) is 36.8 Å². The van der Waals surface area contributed by atoms with Crippen LogP contribution in [0.5, 0.6) is 0 Å². The number of aromatic nitrogens is 2. The van der Waals surface area contributed by atoms with Gasteiger partial charge in [0.25, 0.3) is 0 Å². The predicted octanol–water partition coefficient (Wildman–Crippen LogP) is 1.52. The van der Waals surface area contributed by atoms with Gasteiger partial charge in [-0.15, -0.1) is 0 Å². The van der Waals surface area contributed by atoms with E-state index in [4.69, 9.17) is 17.3 Å². The lowest BCUT2D eigenvalue weighted by Crippen LogP contribution is -2.11. The van der Waals surface area contributed by atoms with Gasteiger partial charge in [0.1, 0.15) is 6.10 Å². The molecule has 0 saturated heterocycles. The number of imidazole rings is 1. The van der Waals surface area contributed by atoms with E-state index in [-0.39, 0.29) is 6.54 Å². The molecule has 0 fully saturated rings. The lowest BCUT2D eigenvalue weighted by atomic mass is 10.3. The molecule has 1 atom stereocenters. The summed E-state index contributed by atoms with van der Waals surface area (Å²) in [6, 6.07) is 7.39. The molecule has 0 radical (unpaired) electrons. The quantitative estimate of drug-likeness (QED) is 0.851. The fourth-order valence-electron chi connectivity index (χ4n) is 1.41. The second kappa shape index (κ2) is 4.65. The van der Waals surface area contributed by atoms with E-state index >= 15 is 0 Å². The Morgan fingerprint density at radius 3 is 3.00 bits per heavy atom. The molecule has 2 rings (SSSR count). The minimum Gasteiger partial charge on any atom is -0.385 e. The maximum Gasteiger partial charge on any atom is 0.110 e. The van der Waals surface area contributed by atoms with E-state index in [1.165, 1.54) is 0 Å². The van der Waals surface area contributed by atoms with Crippen molar-refractivity contribution < 1.29 is 5.11 Å². The zero-order valence-corrected chi connectivity index (χ0v) is 9.30. The molecule has 0 saturated carbocycles. The lowest BCUT2D eigenvalue weighted by molar-refractivity contribution is 0.182. The summed E-state index contributed by atoms with van der Waals surface area (Å²) < 4.78 is 1.79. The van der Waals surface area contributed by atoms with Crippen molar-refractivity contribution in [1.82, 2.24) is 9.55 Å². The molecule has 5 heteroatoms. The van der Waals surface area contributed by atoms with Crippen LogP contribution in [-0.2, 0) is 0 Å². The predicted molar refractivity (Wildman–Crippen MR) is 62.6 cm³/mol. The molecular formula is C11H12ClN3O. The Hall–Kier alpha value is -1.36. The third-order valence-electron chi connectivity index (χ3n) is 2.27. The van der Waals surface area contributed by atoms with Crippen LogP contribution < -0.4 is 5.73 Å². The van der Waals surface area contributed by atoms with E-state index < -0.39 is 6.10 Å². The molecule has 1 heterocycles. The van der Waals surface area contributed by atoms with E-state index in [1.807, 2.05) is 18.2 Å². The highest BCUT2D eigenvalue weighted by Crippen LogP contribution is 2.16. The van der Waals surface area contributed by atoms with Crippen LogP contribution >= 0.6 is 11.6 Å². The van der Waals surface area contributed by atoms with E-state index in [0.717, 1.165) is 5.69 Å². The van der Waals surface area contributed by atoms with Crippen molar-refractivity contribution in [3.8, 4) is 5.69 Å². The van der Waals surface area contributed by atoms with Crippen LogP contribution in [0.3, 0.4) is 0 Å². The molecule has 1 unspecified atom stereocenters. The van der Waals surface area contributed by atoms with Crippen LogP contribution in [0.4, 0.5) is 0 Å². The molecule has 3 N–H and O–H groups in total. The molecule has 0 bridgehead atoms. The summed E-state index contributed by atoms with van der Waals surface area (Å²) in [6.07, 6.45) is 2.64. The highest BCUT2D eigenvalue weighted by atomic mass is 35.5. The van der Waals surface area contributed by atoms with Crippen LogP contribution in [0.1, 0.15) is 11.8 Å². The van der Waals surface area contributed by atoms with Crippen LogP contribution in [0.2, 0.25) is 5.02 Å². The summed E-state index contributed by atoms with van der Waals surface area (Å²) in [6.45, 7) is 0.159. The maximum atomic E-state index is 9.52. The normalized spacial score (nSPS) is 12.7. The number of aliphatic hydroxyl groups is 1. The highest BCUT2D eigenvalue weighted by Gasteiger charge is 2.09. The van der Waals surface area contributed by atoms with Crippen LogP contribution in [0, 0.1) is 0 Å². The number of aliphatic hydroxyl groups excluding tert-OH is 1. The Morgan fingerprint density at radius 1 is 1.50 bits per heavy atom. The first kappa shape index (κ1) is 11.1. The topological polar surface area (TPSA) is 64.1 Å². The van der Waals surface area contributed by atoms with Crippen LogP contribution in [0.25, 0.3) is 5.69 Å². The van der Waals surface area contributed by atoms with Gasteiger partial charge in [-0.3, -0.25) is 0 Å². The number of nitrogens with zero attached hydrogens (tertiary/aromatic N) is 2. The first-order chi connectivity index (χ1) is 7.70. The molecule has 0 amide bonds. The summed E-state index contributed by atoms with van der Waals surface area (Å²) in [7, 11) is 0. The van der Waals surface area contributed by atoms with Gasteiger partial charge in [-0.2, -0.15) is 0 Å². The van der Waals surface area contributed by atoms with Crippen molar-refractivity contribution in [3.05, 3.63) is 47.5 Å². The molecule has 0 aliphatic carbocycles. The first-order valence-corrected chi connectivity index (χ1v) is 5.26.